The van der Waals surface area contributed by atoms with Crippen LogP contribution in [0.5, 0.6) is 0 Å². The van der Waals surface area contributed by atoms with E-state index < -0.39 is 17.9 Å². The number of carbonyl (C=O) groups excluding carboxylic acids is 1. The Morgan fingerprint density at radius 3 is 3.06 bits per heavy atom. The van der Waals surface area contributed by atoms with Crippen molar-refractivity contribution < 1.29 is 24.1 Å². The van der Waals surface area contributed by atoms with Crippen molar-refractivity contribution >= 4 is 17.6 Å². The highest BCUT2D eigenvalue weighted by molar-refractivity contribution is 6.30. The molecule has 2 atom stereocenters. The van der Waals surface area contributed by atoms with E-state index in [9.17, 15) is 9.90 Å². The fourth-order valence-corrected chi connectivity index (χ4v) is 1.74. The Bertz CT molecular complexity index is 446. The summed E-state index contributed by atoms with van der Waals surface area (Å²) in [6, 6.07) is 6.35. The molecule has 1 aromatic rings. The summed E-state index contributed by atoms with van der Waals surface area (Å²) in [5.41, 5.74) is -1.07. The van der Waals surface area contributed by atoms with E-state index in [1.54, 1.807) is 18.2 Å². The van der Waals surface area contributed by atoms with Crippen molar-refractivity contribution in [3.8, 4) is 0 Å². The minimum absolute atomic E-state index is 0.0242. The van der Waals surface area contributed by atoms with Crippen LogP contribution in [0.4, 0.5) is 0 Å². The maximum atomic E-state index is 11.8. The zero-order valence-electron chi connectivity index (χ0n) is 9.76. The first kappa shape index (κ1) is 13.3. The molecule has 0 unspecified atom stereocenters. The number of esters is 1. The minimum atomic E-state index is -1.37. The van der Waals surface area contributed by atoms with E-state index in [0.717, 1.165) is 0 Å². The summed E-state index contributed by atoms with van der Waals surface area (Å²) < 4.78 is 15.1. The molecule has 5 nitrogen and oxygen atoms in total. The lowest BCUT2D eigenvalue weighted by atomic mass is 10.1. The summed E-state index contributed by atoms with van der Waals surface area (Å²) in [6.45, 7) is 1.49. The van der Waals surface area contributed by atoms with Gasteiger partial charge < -0.3 is 19.3 Å². The third-order valence-electron chi connectivity index (χ3n) is 2.48. The largest absolute Gasteiger partial charge is 0.429 e. The van der Waals surface area contributed by atoms with Gasteiger partial charge in [0.2, 0.25) is 6.29 Å². The highest BCUT2D eigenvalue weighted by Crippen LogP contribution is 2.21. The number of carbonyl (C=O) groups is 1. The van der Waals surface area contributed by atoms with E-state index in [2.05, 4.69) is 0 Å². The lowest BCUT2D eigenvalue weighted by molar-refractivity contribution is -0.298. The van der Waals surface area contributed by atoms with E-state index in [4.69, 9.17) is 25.8 Å². The monoisotopic (exact) mass is 272 g/mol. The number of hydrogen-bond donors (Lipinski definition) is 1. The summed E-state index contributed by atoms with van der Waals surface area (Å²) in [6.07, 6.45) is -1.06. The molecule has 0 amide bonds. The Morgan fingerprint density at radius 1 is 1.61 bits per heavy atom. The number of benzene rings is 1. The molecule has 1 aliphatic heterocycles. The van der Waals surface area contributed by atoms with Crippen molar-refractivity contribution in [2.75, 3.05) is 13.4 Å². The standard InChI is InChI=1S/C12H13ClO5/c1-12(15)6-16-7-17-11(12)18-10(14)8-3-2-4-9(13)5-8/h2-5,11,15H,6-7H2,1H3/t11-,12+/m1/s1. The molecule has 18 heavy (non-hydrogen) atoms. The fraction of sp³-hybridized carbons (Fsp3) is 0.417. The van der Waals surface area contributed by atoms with Gasteiger partial charge in [0.15, 0.2) is 6.79 Å². The van der Waals surface area contributed by atoms with Gasteiger partial charge in [0.05, 0.1) is 12.2 Å². The van der Waals surface area contributed by atoms with Gasteiger partial charge in [-0.3, -0.25) is 0 Å². The highest BCUT2D eigenvalue weighted by Gasteiger charge is 2.39. The third kappa shape index (κ3) is 3.00. The molecule has 0 aliphatic carbocycles. The highest BCUT2D eigenvalue weighted by atomic mass is 35.5. The minimum Gasteiger partial charge on any atom is -0.429 e. The molecule has 1 aliphatic rings. The molecule has 0 aromatic heterocycles. The molecule has 0 spiro atoms. The molecule has 0 saturated carbocycles. The van der Waals surface area contributed by atoms with Crippen LogP contribution in [0.2, 0.25) is 5.02 Å². The molecule has 1 heterocycles. The summed E-state index contributed by atoms with van der Waals surface area (Å²) >= 11 is 5.78. The van der Waals surface area contributed by atoms with E-state index in [0.29, 0.717) is 10.6 Å². The van der Waals surface area contributed by atoms with Gasteiger partial charge in [0, 0.05) is 5.02 Å². The van der Waals surface area contributed by atoms with Crippen LogP contribution in [0.15, 0.2) is 24.3 Å². The Kier molecular flexibility index (Phi) is 3.87. The van der Waals surface area contributed by atoms with E-state index >= 15 is 0 Å². The number of halogens is 1. The van der Waals surface area contributed by atoms with Crippen LogP contribution in [0.3, 0.4) is 0 Å². The predicted octanol–water partition coefficient (Wildman–Crippen LogP) is 1.58. The second-order valence-corrected chi connectivity index (χ2v) is 4.67. The maximum absolute atomic E-state index is 11.8. The quantitative estimate of drug-likeness (QED) is 0.828. The van der Waals surface area contributed by atoms with Gasteiger partial charge in [-0.15, -0.1) is 0 Å². The van der Waals surface area contributed by atoms with E-state index in [-0.39, 0.29) is 13.4 Å². The zero-order valence-corrected chi connectivity index (χ0v) is 10.5. The van der Waals surface area contributed by atoms with Crippen LogP contribution < -0.4 is 0 Å². The Morgan fingerprint density at radius 2 is 2.39 bits per heavy atom. The summed E-state index contributed by atoms with van der Waals surface area (Å²) in [4.78, 5) is 11.8. The van der Waals surface area contributed by atoms with Gasteiger partial charge in [-0.1, -0.05) is 17.7 Å². The van der Waals surface area contributed by atoms with Crippen LogP contribution in [-0.4, -0.2) is 36.4 Å². The average Bonchev–Trinajstić information content (AvgIpc) is 2.31. The first-order valence-electron chi connectivity index (χ1n) is 5.37. The second-order valence-electron chi connectivity index (χ2n) is 4.24. The second kappa shape index (κ2) is 5.24. The van der Waals surface area contributed by atoms with Gasteiger partial charge in [0.1, 0.15) is 5.60 Å². The van der Waals surface area contributed by atoms with Gasteiger partial charge in [-0.25, -0.2) is 4.79 Å². The number of rotatable bonds is 2. The van der Waals surface area contributed by atoms with Crippen LogP contribution in [0, 0.1) is 0 Å². The molecule has 6 heteroatoms. The molecule has 0 bridgehead atoms. The van der Waals surface area contributed by atoms with Crippen LogP contribution in [-0.2, 0) is 14.2 Å². The third-order valence-corrected chi connectivity index (χ3v) is 2.71. The van der Waals surface area contributed by atoms with Gasteiger partial charge in [-0.2, -0.15) is 0 Å². The molecule has 2 rings (SSSR count). The fourth-order valence-electron chi connectivity index (χ4n) is 1.55. The van der Waals surface area contributed by atoms with Crippen molar-refractivity contribution in [2.45, 2.75) is 18.8 Å². The summed E-state index contributed by atoms with van der Waals surface area (Å²) in [5, 5.41) is 10.4. The number of aliphatic hydroxyl groups is 1. The molecule has 0 radical (unpaired) electrons. The first-order chi connectivity index (χ1) is 8.49. The smallest absolute Gasteiger partial charge is 0.340 e. The summed E-state index contributed by atoms with van der Waals surface area (Å²) in [5.74, 6) is -0.607. The number of ether oxygens (including phenoxy) is 3. The molecular formula is C12H13ClO5. The molecule has 1 fully saturated rings. The topological polar surface area (TPSA) is 65.0 Å². The lowest BCUT2D eigenvalue weighted by Crippen LogP contribution is -2.51. The predicted molar refractivity (Wildman–Crippen MR) is 63.2 cm³/mol. The van der Waals surface area contributed by atoms with Crippen molar-refractivity contribution in [1.82, 2.24) is 0 Å². The SMILES string of the molecule is C[C@]1(O)COCO[C@@H]1OC(=O)c1cccc(Cl)c1. The van der Waals surface area contributed by atoms with Crippen molar-refractivity contribution in [2.24, 2.45) is 0 Å². The summed E-state index contributed by atoms with van der Waals surface area (Å²) in [7, 11) is 0. The van der Waals surface area contributed by atoms with Crippen LogP contribution >= 0.6 is 11.6 Å². The lowest BCUT2D eigenvalue weighted by Gasteiger charge is -2.35. The zero-order chi connectivity index (χ0) is 13.2. The van der Waals surface area contributed by atoms with Crippen molar-refractivity contribution in [3.05, 3.63) is 34.9 Å². The van der Waals surface area contributed by atoms with Gasteiger partial charge in [-0.05, 0) is 25.1 Å². The van der Waals surface area contributed by atoms with Crippen molar-refractivity contribution in [3.63, 3.8) is 0 Å². The maximum Gasteiger partial charge on any atom is 0.340 e. The normalized spacial score (nSPS) is 27.8. The van der Waals surface area contributed by atoms with Crippen molar-refractivity contribution in [1.29, 1.82) is 0 Å². The first-order valence-corrected chi connectivity index (χ1v) is 5.75. The average molecular weight is 273 g/mol. The van der Waals surface area contributed by atoms with Gasteiger partial charge in [0.25, 0.3) is 0 Å². The molecule has 1 saturated heterocycles. The Labute approximate surface area is 109 Å². The van der Waals surface area contributed by atoms with Gasteiger partial charge >= 0.3 is 5.97 Å². The Hall–Kier alpha value is -1.14. The van der Waals surface area contributed by atoms with Crippen LogP contribution in [0.25, 0.3) is 0 Å². The Balaban J connectivity index is 2.07. The molecule has 1 aromatic carbocycles. The molecular weight excluding hydrogens is 260 g/mol. The van der Waals surface area contributed by atoms with Crippen LogP contribution in [0.1, 0.15) is 17.3 Å². The van der Waals surface area contributed by atoms with E-state index in [1.165, 1.54) is 13.0 Å². The van der Waals surface area contributed by atoms with E-state index in [1.807, 2.05) is 0 Å². The molecule has 98 valence electrons. The number of hydrogen-bond acceptors (Lipinski definition) is 5. The molecule has 1 N–H and O–H groups in total.